The topological polar surface area (TPSA) is 68.0 Å². The molecule has 0 radical (unpaired) electrons. The standard InChI is InChI=1S/C15H19N3OS/c1-10-5-11(2)7-12(6-10)3-4-17-15(19)13-9-20-14(8-16)18-13/h5-7,9H,3-4,8,16H2,1-2H3,(H,17,19). The van der Waals surface area contributed by atoms with Crippen molar-refractivity contribution < 1.29 is 4.79 Å². The summed E-state index contributed by atoms with van der Waals surface area (Å²) in [7, 11) is 0. The minimum atomic E-state index is -0.134. The molecule has 0 aliphatic carbocycles. The number of nitrogens with zero attached hydrogens (tertiary/aromatic N) is 1. The SMILES string of the molecule is Cc1cc(C)cc(CCNC(=O)c2csc(CN)n2)c1. The molecule has 1 aromatic carbocycles. The van der Waals surface area contributed by atoms with Gasteiger partial charge in [0.1, 0.15) is 10.7 Å². The van der Waals surface area contributed by atoms with E-state index in [-0.39, 0.29) is 5.91 Å². The van der Waals surface area contributed by atoms with Gasteiger partial charge in [0.2, 0.25) is 0 Å². The summed E-state index contributed by atoms with van der Waals surface area (Å²) in [5.41, 5.74) is 9.68. The van der Waals surface area contributed by atoms with Crippen LogP contribution in [0.3, 0.4) is 0 Å². The van der Waals surface area contributed by atoms with Crippen molar-refractivity contribution in [2.45, 2.75) is 26.8 Å². The average Bonchev–Trinajstić information content (AvgIpc) is 2.86. The van der Waals surface area contributed by atoms with Crippen molar-refractivity contribution in [3.05, 3.63) is 51.0 Å². The fourth-order valence-electron chi connectivity index (χ4n) is 2.13. The third-order valence-electron chi connectivity index (χ3n) is 2.94. The van der Waals surface area contributed by atoms with Crippen molar-refractivity contribution >= 4 is 17.2 Å². The van der Waals surface area contributed by atoms with Crippen molar-refractivity contribution in [1.29, 1.82) is 0 Å². The Morgan fingerprint density at radius 3 is 2.60 bits per heavy atom. The summed E-state index contributed by atoms with van der Waals surface area (Å²) < 4.78 is 0. The van der Waals surface area contributed by atoms with E-state index in [1.165, 1.54) is 28.0 Å². The second kappa shape index (κ2) is 6.63. The van der Waals surface area contributed by atoms with Crippen LogP contribution in [0.2, 0.25) is 0 Å². The molecular weight excluding hydrogens is 270 g/mol. The van der Waals surface area contributed by atoms with Gasteiger partial charge in [-0.05, 0) is 25.8 Å². The highest BCUT2D eigenvalue weighted by molar-refractivity contribution is 7.09. The number of nitrogens with two attached hydrogens (primary N) is 1. The number of nitrogens with one attached hydrogen (secondary N) is 1. The number of aromatic nitrogens is 1. The van der Waals surface area contributed by atoms with E-state index in [1.807, 2.05) is 0 Å². The summed E-state index contributed by atoms with van der Waals surface area (Å²) in [6.07, 6.45) is 0.822. The van der Waals surface area contributed by atoms with Gasteiger partial charge in [0.05, 0.1) is 0 Å². The maximum atomic E-state index is 11.9. The van der Waals surface area contributed by atoms with Crippen LogP contribution >= 0.6 is 11.3 Å². The molecule has 0 spiro atoms. The zero-order valence-electron chi connectivity index (χ0n) is 11.8. The van der Waals surface area contributed by atoms with E-state index >= 15 is 0 Å². The molecule has 2 rings (SSSR count). The van der Waals surface area contributed by atoms with Gasteiger partial charge < -0.3 is 11.1 Å². The fourth-order valence-corrected chi connectivity index (χ4v) is 2.79. The van der Waals surface area contributed by atoms with Crippen molar-refractivity contribution in [3.63, 3.8) is 0 Å². The smallest absolute Gasteiger partial charge is 0.270 e. The number of thiazole rings is 1. The average molecular weight is 289 g/mol. The lowest BCUT2D eigenvalue weighted by atomic mass is 10.1. The molecule has 20 heavy (non-hydrogen) atoms. The van der Waals surface area contributed by atoms with E-state index in [4.69, 9.17) is 5.73 Å². The Kier molecular flexibility index (Phi) is 4.87. The first-order valence-corrected chi connectivity index (χ1v) is 7.46. The van der Waals surface area contributed by atoms with Crippen LogP contribution in [0.4, 0.5) is 0 Å². The number of hydrogen-bond acceptors (Lipinski definition) is 4. The van der Waals surface area contributed by atoms with Crippen LogP contribution in [0.1, 0.15) is 32.2 Å². The number of carbonyl (C=O) groups is 1. The quantitative estimate of drug-likeness (QED) is 0.886. The van der Waals surface area contributed by atoms with E-state index in [9.17, 15) is 4.79 Å². The molecule has 0 bridgehead atoms. The lowest BCUT2D eigenvalue weighted by molar-refractivity contribution is 0.0949. The molecule has 3 N–H and O–H groups in total. The molecule has 1 amide bonds. The van der Waals surface area contributed by atoms with Crippen molar-refractivity contribution in [1.82, 2.24) is 10.3 Å². The molecule has 0 saturated heterocycles. The fraction of sp³-hybridized carbons (Fsp3) is 0.333. The number of amides is 1. The first-order chi connectivity index (χ1) is 9.58. The molecule has 106 valence electrons. The van der Waals surface area contributed by atoms with Gasteiger partial charge in [-0.1, -0.05) is 29.3 Å². The summed E-state index contributed by atoms with van der Waals surface area (Å²) in [5.74, 6) is -0.134. The van der Waals surface area contributed by atoms with Crippen LogP contribution in [-0.2, 0) is 13.0 Å². The Bertz CT molecular complexity index is 587. The zero-order valence-corrected chi connectivity index (χ0v) is 12.6. The van der Waals surface area contributed by atoms with Gasteiger partial charge in [-0.2, -0.15) is 0 Å². The van der Waals surface area contributed by atoms with Crippen molar-refractivity contribution in [3.8, 4) is 0 Å². The Morgan fingerprint density at radius 1 is 1.30 bits per heavy atom. The summed E-state index contributed by atoms with van der Waals surface area (Å²) in [6.45, 7) is 5.15. The molecule has 0 fully saturated rings. The van der Waals surface area contributed by atoms with E-state index in [1.54, 1.807) is 5.38 Å². The van der Waals surface area contributed by atoms with Gasteiger partial charge >= 0.3 is 0 Å². The molecule has 0 aliphatic rings. The van der Waals surface area contributed by atoms with Gasteiger partial charge in [-0.3, -0.25) is 4.79 Å². The summed E-state index contributed by atoms with van der Waals surface area (Å²) in [6, 6.07) is 6.44. The maximum Gasteiger partial charge on any atom is 0.270 e. The third kappa shape index (κ3) is 3.88. The molecule has 0 atom stereocenters. The highest BCUT2D eigenvalue weighted by Gasteiger charge is 2.09. The highest BCUT2D eigenvalue weighted by Crippen LogP contribution is 2.10. The van der Waals surface area contributed by atoms with Crippen LogP contribution in [0.25, 0.3) is 0 Å². The molecule has 0 unspecified atom stereocenters. The summed E-state index contributed by atoms with van der Waals surface area (Å²) in [4.78, 5) is 16.1. The predicted molar refractivity (Wildman–Crippen MR) is 82.0 cm³/mol. The van der Waals surface area contributed by atoms with Gasteiger partial charge in [0.15, 0.2) is 0 Å². The van der Waals surface area contributed by atoms with Gasteiger partial charge in [-0.15, -0.1) is 11.3 Å². The molecule has 0 aliphatic heterocycles. The number of hydrogen-bond donors (Lipinski definition) is 2. The van der Waals surface area contributed by atoms with Crippen LogP contribution in [0, 0.1) is 13.8 Å². The van der Waals surface area contributed by atoms with Crippen LogP contribution in [-0.4, -0.2) is 17.4 Å². The second-order valence-electron chi connectivity index (χ2n) is 4.83. The van der Waals surface area contributed by atoms with Crippen molar-refractivity contribution in [2.24, 2.45) is 5.73 Å². The number of aryl methyl sites for hydroxylation is 2. The predicted octanol–water partition coefficient (Wildman–Crippen LogP) is 2.19. The minimum absolute atomic E-state index is 0.134. The molecule has 5 heteroatoms. The van der Waals surface area contributed by atoms with E-state index in [0.717, 1.165) is 11.4 Å². The van der Waals surface area contributed by atoms with E-state index in [0.29, 0.717) is 18.8 Å². The second-order valence-corrected chi connectivity index (χ2v) is 5.78. The van der Waals surface area contributed by atoms with Gasteiger partial charge in [0, 0.05) is 18.5 Å². The van der Waals surface area contributed by atoms with Crippen molar-refractivity contribution in [2.75, 3.05) is 6.54 Å². The first kappa shape index (κ1) is 14.7. The molecule has 1 aromatic heterocycles. The molecular formula is C15H19N3OS. The van der Waals surface area contributed by atoms with Crippen LogP contribution in [0.15, 0.2) is 23.6 Å². The van der Waals surface area contributed by atoms with Crippen LogP contribution < -0.4 is 11.1 Å². The Hall–Kier alpha value is -1.72. The van der Waals surface area contributed by atoms with Gasteiger partial charge in [0.25, 0.3) is 5.91 Å². The van der Waals surface area contributed by atoms with Gasteiger partial charge in [-0.25, -0.2) is 4.98 Å². The molecule has 2 aromatic rings. The van der Waals surface area contributed by atoms with E-state index in [2.05, 4.69) is 42.3 Å². The third-order valence-corrected chi connectivity index (χ3v) is 3.81. The lowest BCUT2D eigenvalue weighted by Gasteiger charge is -2.06. The minimum Gasteiger partial charge on any atom is -0.350 e. The maximum absolute atomic E-state index is 11.9. The van der Waals surface area contributed by atoms with Crippen LogP contribution in [0.5, 0.6) is 0 Å². The summed E-state index contributed by atoms with van der Waals surface area (Å²) >= 11 is 1.41. The number of benzene rings is 1. The Labute approximate surface area is 123 Å². The lowest BCUT2D eigenvalue weighted by Crippen LogP contribution is -2.26. The highest BCUT2D eigenvalue weighted by atomic mass is 32.1. The summed E-state index contributed by atoms with van der Waals surface area (Å²) in [5, 5.41) is 5.41. The molecule has 0 saturated carbocycles. The Morgan fingerprint density at radius 2 is 2.00 bits per heavy atom. The zero-order chi connectivity index (χ0) is 14.5. The monoisotopic (exact) mass is 289 g/mol. The first-order valence-electron chi connectivity index (χ1n) is 6.58. The Balaban J connectivity index is 1.87. The number of carbonyl (C=O) groups excluding carboxylic acids is 1. The normalized spacial score (nSPS) is 10.6. The number of rotatable bonds is 5. The molecule has 4 nitrogen and oxygen atoms in total. The van der Waals surface area contributed by atoms with E-state index < -0.39 is 0 Å². The largest absolute Gasteiger partial charge is 0.350 e. The molecule has 1 heterocycles.